The van der Waals surface area contributed by atoms with Crippen LogP contribution in [0.2, 0.25) is 0 Å². The van der Waals surface area contributed by atoms with E-state index in [2.05, 4.69) is 10.6 Å². The molecule has 1 saturated carbocycles. The van der Waals surface area contributed by atoms with E-state index in [0.717, 1.165) is 12.0 Å². The van der Waals surface area contributed by atoms with Crippen LogP contribution in [-0.4, -0.2) is 41.8 Å². The number of carbonyl (C=O) groups is 2. The third-order valence-electron chi connectivity index (χ3n) is 4.47. The van der Waals surface area contributed by atoms with Gasteiger partial charge in [-0.1, -0.05) is 30.3 Å². The third kappa shape index (κ3) is 6.06. The number of aliphatic carboxylic acids is 1. The zero-order valence-corrected chi connectivity index (χ0v) is 14.5. The Morgan fingerprint density at radius 1 is 1.22 bits per heavy atom. The first-order chi connectivity index (χ1) is 12.6. The van der Waals surface area contributed by atoms with E-state index >= 15 is 0 Å². The summed E-state index contributed by atoms with van der Waals surface area (Å²) < 4.78 is 45.8. The van der Waals surface area contributed by atoms with Gasteiger partial charge in [-0.05, 0) is 36.8 Å². The van der Waals surface area contributed by atoms with Crippen LogP contribution in [0.15, 0.2) is 36.2 Å². The lowest BCUT2D eigenvalue weighted by Gasteiger charge is -2.13. The van der Waals surface area contributed by atoms with Crippen LogP contribution in [0.25, 0.3) is 5.57 Å². The van der Waals surface area contributed by atoms with Gasteiger partial charge in [0, 0.05) is 6.04 Å². The minimum absolute atomic E-state index is 0.0346. The Morgan fingerprint density at radius 2 is 1.81 bits per heavy atom. The lowest BCUT2D eigenvalue weighted by molar-refractivity contribution is -0.192. The summed E-state index contributed by atoms with van der Waals surface area (Å²) >= 11 is 0. The Labute approximate surface area is 153 Å². The number of halogens is 4. The number of benzene rings is 1. The largest absolute Gasteiger partial charge is 0.490 e. The van der Waals surface area contributed by atoms with Crippen molar-refractivity contribution in [3.05, 3.63) is 41.7 Å². The van der Waals surface area contributed by atoms with E-state index in [0.29, 0.717) is 17.5 Å². The molecule has 0 spiro atoms. The van der Waals surface area contributed by atoms with Crippen LogP contribution in [-0.2, 0) is 9.59 Å². The molecule has 3 atom stereocenters. The van der Waals surface area contributed by atoms with Crippen LogP contribution < -0.4 is 10.6 Å². The molecule has 2 fully saturated rings. The fourth-order valence-electron chi connectivity index (χ4n) is 2.79. The maximum atomic E-state index is 14.1. The maximum Gasteiger partial charge on any atom is 0.490 e. The van der Waals surface area contributed by atoms with E-state index in [1.54, 1.807) is 6.92 Å². The number of allylic oxidation sites excluding steroid dienone is 1. The summed E-state index contributed by atoms with van der Waals surface area (Å²) in [6.45, 7) is 1.70. The fraction of sp³-hybridized carbons (Fsp3) is 0.444. The van der Waals surface area contributed by atoms with Gasteiger partial charge in [0.15, 0.2) is 0 Å². The zero-order valence-electron chi connectivity index (χ0n) is 14.5. The van der Waals surface area contributed by atoms with Crippen molar-refractivity contribution in [2.24, 2.45) is 5.92 Å². The van der Waals surface area contributed by atoms with Gasteiger partial charge in [0.2, 0.25) is 5.91 Å². The molecule has 1 saturated heterocycles. The molecule has 0 aromatic heterocycles. The van der Waals surface area contributed by atoms with E-state index in [4.69, 9.17) is 9.90 Å². The second-order valence-electron chi connectivity index (χ2n) is 6.47. The van der Waals surface area contributed by atoms with E-state index in [1.807, 2.05) is 30.3 Å². The number of piperidine rings is 1. The summed E-state index contributed by atoms with van der Waals surface area (Å²) in [5.41, 5.74) is 1.42. The highest BCUT2D eigenvalue weighted by molar-refractivity contribution is 5.83. The molecule has 1 heterocycles. The molecule has 27 heavy (non-hydrogen) atoms. The number of rotatable bonds is 4. The molecule has 2 aliphatic rings. The van der Waals surface area contributed by atoms with Crippen LogP contribution >= 0.6 is 0 Å². The van der Waals surface area contributed by atoms with Crippen molar-refractivity contribution >= 4 is 17.4 Å². The van der Waals surface area contributed by atoms with Crippen molar-refractivity contribution in [3.8, 4) is 0 Å². The Hall–Kier alpha value is -2.42. The highest BCUT2D eigenvalue weighted by Crippen LogP contribution is 2.40. The predicted molar refractivity (Wildman–Crippen MR) is 90.3 cm³/mol. The first-order valence-electron chi connectivity index (χ1n) is 8.34. The SMILES string of the molecule is C/C(=C(\F)CNC(=O)[C@@H]1C[C@H]2C[C@H]2N1)c1ccccc1.O=C(O)C(F)(F)F. The van der Waals surface area contributed by atoms with Crippen molar-refractivity contribution in [1.82, 2.24) is 10.6 Å². The lowest BCUT2D eigenvalue weighted by atomic mass is 10.1. The zero-order chi connectivity index (χ0) is 20.2. The third-order valence-corrected chi connectivity index (χ3v) is 4.47. The van der Waals surface area contributed by atoms with E-state index < -0.39 is 12.1 Å². The van der Waals surface area contributed by atoms with Crippen LogP contribution in [0.1, 0.15) is 25.3 Å². The average molecular weight is 388 g/mol. The molecular formula is C18H20F4N2O3. The van der Waals surface area contributed by atoms with Gasteiger partial charge in [-0.25, -0.2) is 9.18 Å². The first kappa shape index (κ1) is 20.9. The topological polar surface area (TPSA) is 78.4 Å². The number of fused-ring (bicyclic) bond motifs is 1. The van der Waals surface area contributed by atoms with Gasteiger partial charge in [-0.3, -0.25) is 4.79 Å². The quantitative estimate of drug-likeness (QED) is 0.693. The maximum absolute atomic E-state index is 14.1. The molecule has 5 nitrogen and oxygen atoms in total. The number of carboxylic acids is 1. The number of hydrogen-bond donors (Lipinski definition) is 3. The number of alkyl halides is 3. The van der Waals surface area contributed by atoms with Crippen LogP contribution in [0.3, 0.4) is 0 Å². The summed E-state index contributed by atoms with van der Waals surface area (Å²) in [6.07, 6.45) is -3.01. The number of amides is 1. The normalized spacial score (nSPS) is 24.1. The van der Waals surface area contributed by atoms with Gasteiger partial charge in [-0.15, -0.1) is 0 Å². The van der Waals surface area contributed by atoms with Gasteiger partial charge >= 0.3 is 12.1 Å². The molecule has 1 aromatic carbocycles. The fourth-order valence-corrected chi connectivity index (χ4v) is 2.79. The second-order valence-corrected chi connectivity index (χ2v) is 6.47. The van der Waals surface area contributed by atoms with Crippen molar-refractivity contribution in [1.29, 1.82) is 0 Å². The molecule has 0 bridgehead atoms. The number of carbonyl (C=O) groups excluding carboxylic acids is 1. The number of carboxylic acid groups (broad SMARTS) is 1. The Bertz CT molecular complexity index is 709. The molecule has 1 aliphatic heterocycles. The Kier molecular flexibility index (Phi) is 6.59. The van der Waals surface area contributed by atoms with Crippen molar-refractivity contribution in [3.63, 3.8) is 0 Å². The Morgan fingerprint density at radius 3 is 2.30 bits per heavy atom. The molecule has 9 heteroatoms. The monoisotopic (exact) mass is 388 g/mol. The minimum Gasteiger partial charge on any atom is -0.475 e. The predicted octanol–water partition coefficient (Wildman–Crippen LogP) is 2.89. The van der Waals surface area contributed by atoms with Gasteiger partial charge in [0.05, 0.1) is 12.6 Å². The molecule has 1 amide bonds. The summed E-state index contributed by atoms with van der Waals surface area (Å²) in [4.78, 5) is 20.8. The van der Waals surface area contributed by atoms with Crippen molar-refractivity contribution in [2.75, 3.05) is 6.54 Å². The molecule has 1 aromatic rings. The molecular weight excluding hydrogens is 368 g/mol. The highest BCUT2D eigenvalue weighted by Gasteiger charge is 2.47. The summed E-state index contributed by atoms with van der Waals surface area (Å²) in [6, 6.07) is 9.76. The minimum atomic E-state index is -5.08. The van der Waals surface area contributed by atoms with Crippen molar-refractivity contribution < 1.29 is 32.3 Å². The summed E-state index contributed by atoms with van der Waals surface area (Å²) in [5, 5.41) is 13.1. The van der Waals surface area contributed by atoms with E-state index in [9.17, 15) is 22.4 Å². The van der Waals surface area contributed by atoms with E-state index in [1.165, 1.54) is 6.42 Å². The molecule has 148 valence electrons. The molecule has 3 N–H and O–H groups in total. The van der Waals surface area contributed by atoms with Crippen LogP contribution in [0.5, 0.6) is 0 Å². The molecule has 0 radical (unpaired) electrons. The molecule has 0 unspecified atom stereocenters. The number of hydrogen-bond acceptors (Lipinski definition) is 3. The Balaban J connectivity index is 0.000000321. The van der Waals surface area contributed by atoms with Crippen LogP contribution in [0.4, 0.5) is 17.6 Å². The van der Waals surface area contributed by atoms with Gasteiger partial charge in [-0.2, -0.15) is 13.2 Å². The lowest BCUT2D eigenvalue weighted by Crippen LogP contribution is -2.42. The summed E-state index contributed by atoms with van der Waals surface area (Å²) in [5.74, 6) is -2.47. The van der Waals surface area contributed by atoms with Gasteiger partial charge < -0.3 is 15.7 Å². The molecule has 3 rings (SSSR count). The number of nitrogens with one attached hydrogen (secondary N) is 2. The molecule has 1 aliphatic carbocycles. The average Bonchev–Trinajstić information content (AvgIpc) is 3.24. The van der Waals surface area contributed by atoms with Crippen molar-refractivity contribution in [2.45, 2.75) is 38.0 Å². The smallest absolute Gasteiger partial charge is 0.475 e. The van der Waals surface area contributed by atoms with Crippen LogP contribution in [0, 0.1) is 5.92 Å². The standard InChI is InChI=1S/C16H19FN2O.C2HF3O2/c1-10(11-5-3-2-4-6-11)13(17)9-18-16(20)15-8-12-7-14(12)19-15;3-2(4,5)1(6)7/h2-6,12,14-15,19H,7-9H2,1H3,(H,18,20);(H,6,7)/b13-10+;/t12-,14-,15+;/m1./s1. The summed E-state index contributed by atoms with van der Waals surface area (Å²) in [7, 11) is 0. The second kappa shape index (κ2) is 8.51. The first-order valence-corrected chi connectivity index (χ1v) is 8.34. The van der Waals surface area contributed by atoms with E-state index in [-0.39, 0.29) is 24.3 Å². The van der Waals surface area contributed by atoms with Gasteiger partial charge in [0.25, 0.3) is 0 Å². The van der Waals surface area contributed by atoms with Gasteiger partial charge in [0.1, 0.15) is 5.83 Å². The highest BCUT2D eigenvalue weighted by atomic mass is 19.4.